The zero-order chi connectivity index (χ0) is 7.56. The number of rotatable bonds is 2. The first-order valence-corrected chi connectivity index (χ1v) is 4.68. The van der Waals surface area contributed by atoms with Crippen molar-refractivity contribution in [3.8, 4) is 0 Å². The van der Waals surface area contributed by atoms with Crippen LogP contribution in [0.5, 0.6) is 0 Å². The first-order valence-electron chi connectivity index (χ1n) is 3.46. The number of aryl methyl sites for hydroxylation is 1. The van der Waals surface area contributed by atoms with Crippen LogP contribution in [-0.4, -0.2) is 4.37 Å². The lowest BCUT2D eigenvalue weighted by Crippen LogP contribution is -1.86. The summed E-state index contributed by atoms with van der Waals surface area (Å²) in [5.74, 6) is 0. The standard InChI is InChI=1S/C7H11NS2/c1-3-5-6(4-2)8-10-7(5)9/h9H,3-4H2,1-2H3. The lowest BCUT2D eigenvalue weighted by Gasteiger charge is -1.94. The van der Waals surface area contributed by atoms with E-state index in [0.29, 0.717) is 0 Å². The summed E-state index contributed by atoms with van der Waals surface area (Å²) in [5.41, 5.74) is 2.55. The van der Waals surface area contributed by atoms with Crippen molar-refractivity contribution in [2.24, 2.45) is 0 Å². The Morgan fingerprint density at radius 1 is 1.40 bits per heavy atom. The third kappa shape index (κ3) is 1.35. The molecule has 10 heavy (non-hydrogen) atoms. The molecule has 0 aromatic carbocycles. The molecule has 0 spiro atoms. The van der Waals surface area contributed by atoms with Gasteiger partial charge in [-0.3, -0.25) is 0 Å². The molecule has 1 nitrogen and oxygen atoms in total. The number of nitrogens with zero attached hydrogens (tertiary/aromatic N) is 1. The molecule has 1 heterocycles. The van der Waals surface area contributed by atoms with Crippen molar-refractivity contribution < 1.29 is 0 Å². The second-order valence-electron chi connectivity index (χ2n) is 2.12. The van der Waals surface area contributed by atoms with Gasteiger partial charge in [-0.15, -0.1) is 12.6 Å². The van der Waals surface area contributed by atoms with E-state index in [-0.39, 0.29) is 0 Å². The van der Waals surface area contributed by atoms with E-state index >= 15 is 0 Å². The molecule has 0 N–H and O–H groups in total. The van der Waals surface area contributed by atoms with Crippen molar-refractivity contribution in [3.05, 3.63) is 11.3 Å². The molecule has 3 heteroatoms. The summed E-state index contributed by atoms with van der Waals surface area (Å²) >= 11 is 5.80. The van der Waals surface area contributed by atoms with E-state index in [9.17, 15) is 0 Å². The van der Waals surface area contributed by atoms with Gasteiger partial charge in [-0.05, 0) is 29.9 Å². The zero-order valence-corrected chi connectivity index (χ0v) is 7.93. The van der Waals surface area contributed by atoms with Gasteiger partial charge in [0.25, 0.3) is 0 Å². The zero-order valence-electron chi connectivity index (χ0n) is 6.22. The van der Waals surface area contributed by atoms with Crippen molar-refractivity contribution in [3.63, 3.8) is 0 Å². The molecular weight excluding hydrogens is 162 g/mol. The minimum Gasteiger partial charge on any atom is -0.196 e. The molecule has 1 rings (SSSR count). The highest BCUT2D eigenvalue weighted by Gasteiger charge is 2.05. The molecular formula is C7H11NS2. The smallest absolute Gasteiger partial charge is 0.0810 e. The van der Waals surface area contributed by atoms with Crippen LogP contribution in [0.4, 0.5) is 0 Å². The molecule has 1 aromatic heterocycles. The number of hydrogen-bond donors (Lipinski definition) is 1. The Morgan fingerprint density at radius 3 is 2.50 bits per heavy atom. The van der Waals surface area contributed by atoms with Gasteiger partial charge in [0.15, 0.2) is 0 Å². The third-order valence-corrected chi connectivity index (χ3v) is 2.78. The van der Waals surface area contributed by atoms with Crippen LogP contribution in [0.3, 0.4) is 0 Å². The fourth-order valence-corrected chi connectivity index (χ4v) is 2.18. The summed E-state index contributed by atoms with van der Waals surface area (Å²) < 4.78 is 5.35. The molecule has 0 radical (unpaired) electrons. The lowest BCUT2D eigenvalue weighted by molar-refractivity contribution is 0.994. The summed E-state index contributed by atoms with van der Waals surface area (Å²) in [6, 6.07) is 0. The molecule has 0 fully saturated rings. The predicted molar refractivity (Wildman–Crippen MR) is 48.1 cm³/mol. The number of hydrogen-bond acceptors (Lipinski definition) is 3. The van der Waals surface area contributed by atoms with Crippen molar-refractivity contribution in [2.75, 3.05) is 0 Å². The van der Waals surface area contributed by atoms with Gasteiger partial charge in [0.05, 0.1) is 9.90 Å². The van der Waals surface area contributed by atoms with Crippen LogP contribution in [0.15, 0.2) is 4.21 Å². The average molecular weight is 173 g/mol. The van der Waals surface area contributed by atoms with Gasteiger partial charge in [-0.25, -0.2) is 0 Å². The van der Waals surface area contributed by atoms with Crippen LogP contribution < -0.4 is 0 Å². The molecule has 1 aromatic rings. The maximum Gasteiger partial charge on any atom is 0.0810 e. The Kier molecular flexibility index (Phi) is 2.74. The molecule has 0 aliphatic heterocycles. The van der Waals surface area contributed by atoms with Crippen LogP contribution in [0.2, 0.25) is 0 Å². The topological polar surface area (TPSA) is 12.9 Å². The van der Waals surface area contributed by atoms with Gasteiger partial charge in [0.2, 0.25) is 0 Å². The highest BCUT2D eigenvalue weighted by molar-refractivity contribution is 7.82. The minimum atomic E-state index is 1.03. The predicted octanol–water partition coefficient (Wildman–Crippen LogP) is 2.56. The molecule has 0 saturated heterocycles. The second-order valence-corrected chi connectivity index (χ2v) is 3.64. The van der Waals surface area contributed by atoms with Crippen molar-refractivity contribution in [2.45, 2.75) is 30.9 Å². The summed E-state index contributed by atoms with van der Waals surface area (Å²) in [5, 5.41) is 0. The maximum atomic E-state index is 4.31. The largest absolute Gasteiger partial charge is 0.196 e. The van der Waals surface area contributed by atoms with Crippen molar-refractivity contribution in [1.29, 1.82) is 0 Å². The molecule has 0 atom stereocenters. The highest BCUT2D eigenvalue weighted by Crippen LogP contribution is 2.23. The Morgan fingerprint density at radius 2 is 2.10 bits per heavy atom. The van der Waals surface area contributed by atoms with Crippen molar-refractivity contribution >= 4 is 24.2 Å². The van der Waals surface area contributed by atoms with Crippen LogP contribution in [0.1, 0.15) is 25.1 Å². The summed E-state index contributed by atoms with van der Waals surface area (Å²) in [6.45, 7) is 4.27. The van der Waals surface area contributed by atoms with E-state index in [1.165, 1.54) is 22.8 Å². The normalized spacial score (nSPS) is 10.3. The lowest BCUT2D eigenvalue weighted by atomic mass is 10.2. The summed E-state index contributed by atoms with van der Waals surface area (Å²) in [6.07, 6.45) is 2.08. The van der Waals surface area contributed by atoms with E-state index in [4.69, 9.17) is 0 Å². The van der Waals surface area contributed by atoms with Crippen LogP contribution in [0.25, 0.3) is 0 Å². The van der Waals surface area contributed by atoms with Crippen LogP contribution in [-0.2, 0) is 12.8 Å². The van der Waals surface area contributed by atoms with E-state index in [0.717, 1.165) is 17.1 Å². The van der Waals surface area contributed by atoms with Gasteiger partial charge < -0.3 is 0 Å². The number of aromatic nitrogens is 1. The van der Waals surface area contributed by atoms with E-state index in [1.807, 2.05) is 0 Å². The molecule has 0 bridgehead atoms. The molecule has 0 unspecified atom stereocenters. The molecule has 56 valence electrons. The molecule has 0 amide bonds. The van der Waals surface area contributed by atoms with Crippen molar-refractivity contribution in [1.82, 2.24) is 4.37 Å². The fraction of sp³-hybridized carbons (Fsp3) is 0.571. The molecule has 0 saturated carbocycles. The van der Waals surface area contributed by atoms with E-state index < -0.39 is 0 Å². The highest BCUT2D eigenvalue weighted by atomic mass is 32.2. The Hall–Kier alpha value is -0.0200. The maximum absolute atomic E-state index is 4.31. The second kappa shape index (κ2) is 3.39. The van der Waals surface area contributed by atoms with Gasteiger partial charge in [-0.1, -0.05) is 13.8 Å². The molecule has 0 aliphatic rings. The SMILES string of the molecule is CCc1nsc(S)c1CC. The van der Waals surface area contributed by atoms with E-state index in [2.05, 4.69) is 30.8 Å². The van der Waals surface area contributed by atoms with Crippen LogP contribution >= 0.6 is 24.2 Å². The van der Waals surface area contributed by atoms with Gasteiger partial charge in [0, 0.05) is 0 Å². The molecule has 0 aliphatic carbocycles. The minimum absolute atomic E-state index is 1.03. The van der Waals surface area contributed by atoms with Gasteiger partial charge >= 0.3 is 0 Å². The van der Waals surface area contributed by atoms with Gasteiger partial charge in [-0.2, -0.15) is 4.37 Å². The number of thiol groups is 1. The monoisotopic (exact) mass is 173 g/mol. The van der Waals surface area contributed by atoms with Crippen LogP contribution in [0, 0.1) is 0 Å². The summed E-state index contributed by atoms with van der Waals surface area (Å²) in [4.78, 5) is 0. The first-order chi connectivity index (χ1) is 4.79. The Labute approximate surface area is 71.0 Å². The average Bonchev–Trinajstić information content (AvgIpc) is 2.30. The van der Waals surface area contributed by atoms with Gasteiger partial charge in [0.1, 0.15) is 0 Å². The fourth-order valence-electron chi connectivity index (χ4n) is 0.965. The quantitative estimate of drug-likeness (QED) is 0.678. The third-order valence-electron chi connectivity index (χ3n) is 1.54. The van der Waals surface area contributed by atoms with E-state index in [1.54, 1.807) is 0 Å². The Bertz CT molecular complexity index is 217. The summed E-state index contributed by atoms with van der Waals surface area (Å²) in [7, 11) is 0. The first kappa shape index (κ1) is 8.08. The Balaban J connectivity index is 3.01.